The molecule has 0 saturated heterocycles. The van der Waals surface area contributed by atoms with Gasteiger partial charge in [-0.15, -0.1) is 0 Å². The van der Waals surface area contributed by atoms with Crippen LogP contribution < -0.4 is 9.64 Å². The summed E-state index contributed by atoms with van der Waals surface area (Å²) in [4.78, 5) is 36.0. The second kappa shape index (κ2) is 7.43. The Labute approximate surface area is 118 Å². The summed E-state index contributed by atoms with van der Waals surface area (Å²) in [5, 5.41) is 0. The van der Waals surface area contributed by atoms with Gasteiger partial charge in [0.25, 0.3) is 0 Å². The number of imide groups is 1. The summed E-state index contributed by atoms with van der Waals surface area (Å²) in [7, 11) is 0. The van der Waals surface area contributed by atoms with Crippen molar-refractivity contribution in [1.29, 1.82) is 0 Å². The molecule has 0 aliphatic carbocycles. The molecule has 5 heteroatoms. The minimum atomic E-state index is -0.330. The van der Waals surface area contributed by atoms with Crippen LogP contribution >= 0.6 is 0 Å². The minimum absolute atomic E-state index is 0.248. The fraction of sp³-hybridized carbons (Fsp3) is 0.400. The van der Waals surface area contributed by atoms with Gasteiger partial charge in [-0.25, -0.2) is 0 Å². The number of amides is 2. The number of ether oxygens (including phenoxy) is 1. The normalized spacial score (nSPS) is 9.95. The van der Waals surface area contributed by atoms with Gasteiger partial charge >= 0.3 is 5.97 Å². The molecule has 20 heavy (non-hydrogen) atoms. The van der Waals surface area contributed by atoms with E-state index in [4.69, 9.17) is 4.74 Å². The van der Waals surface area contributed by atoms with E-state index in [1.54, 1.807) is 45.0 Å². The molecule has 1 aromatic carbocycles. The highest BCUT2D eigenvalue weighted by Gasteiger charge is 2.20. The predicted octanol–water partition coefficient (Wildman–Crippen LogP) is 2.68. The van der Waals surface area contributed by atoms with Gasteiger partial charge in [0.1, 0.15) is 5.75 Å². The number of hydrogen-bond acceptors (Lipinski definition) is 4. The Hall–Kier alpha value is -2.17. The molecule has 0 aliphatic rings. The molecule has 0 atom stereocenters. The molecule has 108 valence electrons. The Morgan fingerprint density at radius 2 is 1.40 bits per heavy atom. The Kier molecular flexibility index (Phi) is 5.90. The average molecular weight is 277 g/mol. The molecular weight excluding hydrogens is 258 g/mol. The highest BCUT2D eigenvalue weighted by atomic mass is 16.5. The van der Waals surface area contributed by atoms with Gasteiger partial charge in [-0.3, -0.25) is 19.3 Å². The van der Waals surface area contributed by atoms with Crippen LogP contribution in [-0.2, 0) is 14.4 Å². The van der Waals surface area contributed by atoms with Crippen molar-refractivity contribution in [2.24, 2.45) is 0 Å². The van der Waals surface area contributed by atoms with Gasteiger partial charge in [0.15, 0.2) is 0 Å². The summed E-state index contributed by atoms with van der Waals surface area (Å²) in [5.74, 6) is -0.442. The van der Waals surface area contributed by atoms with Crippen molar-refractivity contribution in [3.8, 4) is 5.75 Å². The first-order valence-corrected chi connectivity index (χ1v) is 6.69. The van der Waals surface area contributed by atoms with Crippen LogP contribution in [0.5, 0.6) is 5.75 Å². The maximum Gasteiger partial charge on any atom is 0.310 e. The first kappa shape index (κ1) is 15.9. The third-order valence-corrected chi connectivity index (χ3v) is 2.72. The summed E-state index contributed by atoms with van der Waals surface area (Å²) in [6, 6.07) is 6.34. The molecule has 0 aromatic heterocycles. The lowest BCUT2D eigenvalue weighted by molar-refractivity contribution is -0.134. The van der Waals surface area contributed by atoms with Crippen molar-refractivity contribution >= 4 is 23.5 Å². The summed E-state index contributed by atoms with van der Waals surface area (Å²) in [6.45, 7) is 5.11. The van der Waals surface area contributed by atoms with Crippen LogP contribution in [0.3, 0.4) is 0 Å². The van der Waals surface area contributed by atoms with Crippen LogP contribution in [0.25, 0.3) is 0 Å². The Morgan fingerprint density at radius 1 is 0.900 bits per heavy atom. The van der Waals surface area contributed by atoms with E-state index < -0.39 is 0 Å². The largest absolute Gasteiger partial charge is 0.427 e. The number of hydrogen-bond donors (Lipinski definition) is 0. The third-order valence-electron chi connectivity index (χ3n) is 2.72. The first-order valence-electron chi connectivity index (χ1n) is 6.69. The molecule has 2 amide bonds. The average Bonchev–Trinajstić information content (AvgIpc) is 2.48. The number of carbonyl (C=O) groups excluding carboxylic acids is 3. The van der Waals surface area contributed by atoms with E-state index in [2.05, 4.69) is 0 Å². The van der Waals surface area contributed by atoms with E-state index in [1.807, 2.05) is 0 Å². The number of nitrogens with zero attached hydrogens (tertiary/aromatic N) is 1. The van der Waals surface area contributed by atoms with Gasteiger partial charge in [0.05, 0.1) is 5.69 Å². The lowest BCUT2D eigenvalue weighted by Gasteiger charge is -2.20. The standard InChI is InChI=1S/C15H19NO4/c1-4-13(17)16(14(18)5-2)11-7-9-12(10-8-11)20-15(19)6-3/h7-10H,4-6H2,1-3H3. The third kappa shape index (κ3) is 3.91. The van der Waals surface area contributed by atoms with E-state index in [0.717, 1.165) is 4.90 Å². The SMILES string of the molecule is CCC(=O)Oc1ccc(N(C(=O)CC)C(=O)CC)cc1. The molecule has 1 aromatic rings. The Morgan fingerprint density at radius 3 is 1.80 bits per heavy atom. The van der Waals surface area contributed by atoms with Gasteiger partial charge in [-0.05, 0) is 24.3 Å². The predicted molar refractivity (Wildman–Crippen MR) is 75.4 cm³/mol. The van der Waals surface area contributed by atoms with Crippen LogP contribution in [0, 0.1) is 0 Å². The van der Waals surface area contributed by atoms with Crippen LogP contribution in [0.2, 0.25) is 0 Å². The maximum absolute atomic E-state index is 11.8. The number of anilines is 1. The van der Waals surface area contributed by atoms with Crippen molar-refractivity contribution in [3.05, 3.63) is 24.3 Å². The molecule has 0 bridgehead atoms. The van der Waals surface area contributed by atoms with Crippen molar-refractivity contribution in [2.75, 3.05) is 4.90 Å². The molecule has 0 saturated carbocycles. The van der Waals surface area contributed by atoms with Crippen molar-refractivity contribution in [1.82, 2.24) is 0 Å². The van der Waals surface area contributed by atoms with Crippen LogP contribution in [0.15, 0.2) is 24.3 Å². The van der Waals surface area contributed by atoms with Gasteiger partial charge in [0, 0.05) is 19.3 Å². The summed E-state index contributed by atoms with van der Waals surface area (Å²) < 4.78 is 5.04. The highest BCUT2D eigenvalue weighted by Crippen LogP contribution is 2.21. The number of esters is 1. The van der Waals surface area contributed by atoms with Crippen molar-refractivity contribution < 1.29 is 19.1 Å². The van der Waals surface area contributed by atoms with Crippen molar-refractivity contribution in [2.45, 2.75) is 40.0 Å². The first-order chi connectivity index (χ1) is 9.53. The number of carbonyl (C=O) groups is 3. The van der Waals surface area contributed by atoms with E-state index >= 15 is 0 Å². The van der Waals surface area contributed by atoms with Crippen LogP contribution in [-0.4, -0.2) is 17.8 Å². The van der Waals surface area contributed by atoms with E-state index in [-0.39, 0.29) is 37.0 Å². The monoisotopic (exact) mass is 277 g/mol. The minimum Gasteiger partial charge on any atom is -0.427 e. The summed E-state index contributed by atoms with van der Waals surface area (Å²) in [6.07, 6.45) is 0.785. The molecule has 0 fully saturated rings. The second-order valence-corrected chi connectivity index (χ2v) is 4.15. The van der Waals surface area contributed by atoms with Gasteiger partial charge < -0.3 is 4.74 Å². The zero-order valence-corrected chi connectivity index (χ0v) is 12.0. The Bertz CT molecular complexity index is 477. The lowest BCUT2D eigenvalue weighted by Crippen LogP contribution is -2.35. The molecular formula is C15H19NO4. The molecule has 5 nitrogen and oxygen atoms in total. The topological polar surface area (TPSA) is 63.7 Å². The van der Waals surface area contributed by atoms with Crippen LogP contribution in [0.1, 0.15) is 40.0 Å². The smallest absolute Gasteiger partial charge is 0.310 e. The van der Waals surface area contributed by atoms with E-state index in [0.29, 0.717) is 11.4 Å². The fourth-order valence-electron chi connectivity index (χ4n) is 1.61. The summed E-state index contributed by atoms with van der Waals surface area (Å²) in [5.41, 5.74) is 0.486. The van der Waals surface area contributed by atoms with Gasteiger partial charge in [0.2, 0.25) is 11.8 Å². The molecule has 0 radical (unpaired) electrons. The number of rotatable bonds is 5. The second-order valence-electron chi connectivity index (χ2n) is 4.15. The summed E-state index contributed by atoms with van der Waals surface area (Å²) >= 11 is 0. The van der Waals surface area contributed by atoms with Crippen molar-refractivity contribution in [3.63, 3.8) is 0 Å². The molecule has 0 heterocycles. The van der Waals surface area contributed by atoms with Crippen LogP contribution in [0.4, 0.5) is 5.69 Å². The molecule has 0 aliphatic heterocycles. The molecule has 0 N–H and O–H groups in total. The Balaban J connectivity index is 2.96. The molecule has 0 unspecified atom stereocenters. The fourth-order valence-corrected chi connectivity index (χ4v) is 1.61. The molecule has 0 spiro atoms. The zero-order chi connectivity index (χ0) is 15.1. The van der Waals surface area contributed by atoms with E-state index in [9.17, 15) is 14.4 Å². The zero-order valence-electron chi connectivity index (χ0n) is 12.0. The maximum atomic E-state index is 11.8. The number of benzene rings is 1. The highest BCUT2D eigenvalue weighted by molar-refractivity contribution is 6.14. The quantitative estimate of drug-likeness (QED) is 0.613. The van der Waals surface area contributed by atoms with E-state index in [1.165, 1.54) is 0 Å². The van der Waals surface area contributed by atoms with Gasteiger partial charge in [-0.1, -0.05) is 20.8 Å². The van der Waals surface area contributed by atoms with Gasteiger partial charge in [-0.2, -0.15) is 0 Å². The molecule has 1 rings (SSSR count). The lowest BCUT2D eigenvalue weighted by atomic mass is 10.2.